The van der Waals surface area contributed by atoms with E-state index in [-0.39, 0.29) is 23.8 Å². The number of carbonyl (C=O) groups excluding carboxylic acids is 2. The van der Waals surface area contributed by atoms with Gasteiger partial charge in [0.15, 0.2) is 0 Å². The minimum absolute atomic E-state index is 0.0810. The van der Waals surface area contributed by atoms with E-state index in [0.717, 1.165) is 18.4 Å². The first kappa shape index (κ1) is 19.5. The third-order valence-corrected chi connectivity index (χ3v) is 5.42. The molecule has 1 saturated carbocycles. The van der Waals surface area contributed by atoms with Crippen LogP contribution in [0.3, 0.4) is 0 Å². The third kappa shape index (κ3) is 5.58. The van der Waals surface area contributed by atoms with Gasteiger partial charge in [0.1, 0.15) is 0 Å². The molecule has 0 bridgehead atoms. The summed E-state index contributed by atoms with van der Waals surface area (Å²) in [4.78, 5) is 24.4. The molecule has 25 heavy (non-hydrogen) atoms. The third-order valence-electron chi connectivity index (χ3n) is 5.42. The average Bonchev–Trinajstić information content (AvgIpc) is 2.58. The fourth-order valence-corrected chi connectivity index (χ4v) is 4.02. The van der Waals surface area contributed by atoms with E-state index in [2.05, 4.69) is 31.4 Å². The molecule has 4 atom stereocenters. The number of hydrogen-bond donors (Lipinski definition) is 2. The summed E-state index contributed by atoms with van der Waals surface area (Å²) in [6, 6.07) is 9.61. The molecule has 0 aromatic heterocycles. The number of benzene rings is 1. The Bertz CT molecular complexity index is 571. The topological polar surface area (TPSA) is 58.2 Å². The van der Waals surface area contributed by atoms with Crippen molar-refractivity contribution in [3.63, 3.8) is 0 Å². The molecule has 2 N–H and O–H groups in total. The van der Waals surface area contributed by atoms with E-state index in [1.165, 1.54) is 13.3 Å². The van der Waals surface area contributed by atoms with E-state index in [9.17, 15) is 9.59 Å². The van der Waals surface area contributed by atoms with Crippen molar-refractivity contribution in [2.24, 2.45) is 23.7 Å². The SMILES string of the molecule is CC(=O)NC(CNC(=O)[C@@H]1C[C@H](C)CC[C@H]1C(C)C)c1ccccc1. The van der Waals surface area contributed by atoms with Crippen molar-refractivity contribution in [3.05, 3.63) is 35.9 Å². The number of carbonyl (C=O) groups is 2. The predicted octanol–water partition coefficient (Wildman–Crippen LogP) is 3.69. The molecule has 0 radical (unpaired) electrons. The second-order valence-electron chi connectivity index (χ2n) is 7.84. The molecule has 1 aliphatic carbocycles. The van der Waals surface area contributed by atoms with E-state index in [1.54, 1.807) is 0 Å². The molecule has 0 saturated heterocycles. The van der Waals surface area contributed by atoms with Crippen LogP contribution in [0.2, 0.25) is 0 Å². The number of nitrogens with one attached hydrogen (secondary N) is 2. The molecule has 1 aliphatic rings. The van der Waals surface area contributed by atoms with Crippen LogP contribution in [0.15, 0.2) is 30.3 Å². The van der Waals surface area contributed by atoms with Crippen LogP contribution < -0.4 is 10.6 Å². The summed E-state index contributed by atoms with van der Waals surface area (Å²) in [7, 11) is 0. The standard InChI is InChI=1S/C21H32N2O2/c1-14(2)18-11-10-15(3)12-19(18)21(25)22-13-20(23-16(4)24)17-8-6-5-7-9-17/h5-9,14-15,18-20H,10-13H2,1-4H3,(H,22,25)(H,23,24)/t15-,18+,19-,20?/m1/s1. The lowest BCUT2D eigenvalue weighted by Crippen LogP contribution is -2.43. The molecule has 1 aromatic carbocycles. The Labute approximate surface area is 151 Å². The molecule has 2 rings (SSSR count). The molecular formula is C21H32N2O2. The fourth-order valence-electron chi connectivity index (χ4n) is 4.02. The Morgan fingerprint density at radius 2 is 1.84 bits per heavy atom. The summed E-state index contributed by atoms with van der Waals surface area (Å²) in [6.45, 7) is 8.60. The van der Waals surface area contributed by atoms with Gasteiger partial charge in [-0.2, -0.15) is 0 Å². The van der Waals surface area contributed by atoms with Crippen LogP contribution in [-0.4, -0.2) is 18.4 Å². The van der Waals surface area contributed by atoms with Crippen molar-refractivity contribution >= 4 is 11.8 Å². The van der Waals surface area contributed by atoms with Gasteiger partial charge >= 0.3 is 0 Å². The summed E-state index contributed by atoms with van der Waals surface area (Å²) in [5.74, 6) is 1.70. The largest absolute Gasteiger partial charge is 0.353 e. The predicted molar refractivity (Wildman–Crippen MR) is 101 cm³/mol. The quantitative estimate of drug-likeness (QED) is 0.827. The number of rotatable bonds is 6. The maximum absolute atomic E-state index is 12.9. The minimum atomic E-state index is -0.193. The van der Waals surface area contributed by atoms with E-state index in [4.69, 9.17) is 0 Å². The highest BCUT2D eigenvalue weighted by Gasteiger charge is 2.35. The highest BCUT2D eigenvalue weighted by atomic mass is 16.2. The van der Waals surface area contributed by atoms with Crippen LogP contribution in [0.1, 0.15) is 58.6 Å². The smallest absolute Gasteiger partial charge is 0.223 e. The van der Waals surface area contributed by atoms with Gasteiger partial charge in [-0.05, 0) is 36.2 Å². The lowest BCUT2D eigenvalue weighted by Gasteiger charge is -2.36. The molecule has 4 heteroatoms. The lowest BCUT2D eigenvalue weighted by atomic mass is 9.70. The summed E-state index contributed by atoms with van der Waals surface area (Å²) in [5, 5.41) is 6.05. The lowest BCUT2D eigenvalue weighted by molar-refractivity contribution is -0.129. The molecular weight excluding hydrogens is 312 g/mol. The summed E-state index contributed by atoms with van der Waals surface area (Å²) >= 11 is 0. The van der Waals surface area contributed by atoms with E-state index in [1.807, 2.05) is 30.3 Å². The van der Waals surface area contributed by atoms with Crippen molar-refractivity contribution in [1.82, 2.24) is 10.6 Å². The normalized spacial score (nSPS) is 24.6. The van der Waals surface area contributed by atoms with E-state index >= 15 is 0 Å². The van der Waals surface area contributed by atoms with Crippen molar-refractivity contribution in [2.75, 3.05) is 6.54 Å². The Kier molecular flexibility index (Phi) is 7.03. The highest BCUT2D eigenvalue weighted by molar-refractivity contribution is 5.79. The van der Waals surface area contributed by atoms with Crippen LogP contribution in [-0.2, 0) is 9.59 Å². The van der Waals surface area contributed by atoms with Crippen molar-refractivity contribution in [1.29, 1.82) is 0 Å². The Balaban J connectivity index is 2.03. The molecule has 1 unspecified atom stereocenters. The molecule has 4 nitrogen and oxygen atoms in total. The molecule has 0 spiro atoms. The zero-order valence-corrected chi connectivity index (χ0v) is 15.9. The fraction of sp³-hybridized carbons (Fsp3) is 0.619. The van der Waals surface area contributed by atoms with Gasteiger partial charge in [-0.3, -0.25) is 9.59 Å². The number of amides is 2. The summed E-state index contributed by atoms with van der Waals surface area (Å²) < 4.78 is 0. The van der Waals surface area contributed by atoms with E-state index < -0.39 is 0 Å². The molecule has 138 valence electrons. The van der Waals surface area contributed by atoms with Crippen LogP contribution in [0, 0.1) is 23.7 Å². The first-order valence-corrected chi connectivity index (χ1v) is 9.48. The Morgan fingerprint density at radius 3 is 2.44 bits per heavy atom. The van der Waals surface area contributed by atoms with E-state index in [0.29, 0.717) is 24.3 Å². The zero-order valence-electron chi connectivity index (χ0n) is 15.9. The molecule has 0 aliphatic heterocycles. The maximum atomic E-state index is 12.9. The summed E-state index contributed by atoms with van der Waals surface area (Å²) in [5.41, 5.74) is 1.01. The van der Waals surface area contributed by atoms with Crippen LogP contribution in [0.5, 0.6) is 0 Å². The highest BCUT2D eigenvalue weighted by Crippen LogP contribution is 2.38. The molecule has 1 aromatic rings. The van der Waals surface area contributed by atoms with Gasteiger partial charge in [0.05, 0.1) is 6.04 Å². The Morgan fingerprint density at radius 1 is 1.16 bits per heavy atom. The van der Waals surface area contributed by atoms with Gasteiger partial charge in [-0.25, -0.2) is 0 Å². The minimum Gasteiger partial charge on any atom is -0.353 e. The second kappa shape index (κ2) is 9.02. The molecule has 1 fully saturated rings. The van der Waals surface area contributed by atoms with Crippen molar-refractivity contribution < 1.29 is 9.59 Å². The van der Waals surface area contributed by atoms with Gasteiger partial charge in [0.25, 0.3) is 0 Å². The summed E-state index contributed by atoms with van der Waals surface area (Å²) in [6.07, 6.45) is 3.31. The maximum Gasteiger partial charge on any atom is 0.223 e. The van der Waals surface area contributed by atoms with Gasteiger partial charge in [0.2, 0.25) is 11.8 Å². The Hall–Kier alpha value is -1.84. The zero-order chi connectivity index (χ0) is 18.4. The monoisotopic (exact) mass is 344 g/mol. The van der Waals surface area contributed by atoms with Gasteiger partial charge < -0.3 is 10.6 Å². The van der Waals surface area contributed by atoms with Crippen molar-refractivity contribution in [3.8, 4) is 0 Å². The molecule has 2 amide bonds. The first-order chi connectivity index (χ1) is 11.9. The van der Waals surface area contributed by atoms with Crippen LogP contribution in [0.25, 0.3) is 0 Å². The second-order valence-corrected chi connectivity index (χ2v) is 7.84. The van der Waals surface area contributed by atoms with Gasteiger partial charge in [-0.15, -0.1) is 0 Å². The van der Waals surface area contributed by atoms with Gasteiger partial charge in [0, 0.05) is 19.4 Å². The average molecular weight is 344 g/mol. The number of hydrogen-bond acceptors (Lipinski definition) is 2. The van der Waals surface area contributed by atoms with Crippen molar-refractivity contribution in [2.45, 2.75) is 53.0 Å². The van der Waals surface area contributed by atoms with Crippen LogP contribution >= 0.6 is 0 Å². The molecule has 0 heterocycles. The van der Waals surface area contributed by atoms with Crippen LogP contribution in [0.4, 0.5) is 0 Å². The van der Waals surface area contributed by atoms with Gasteiger partial charge in [-0.1, -0.05) is 57.5 Å². The first-order valence-electron chi connectivity index (χ1n) is 9.48.